The highest BCUT2D eigenvalue weighted by atomic mass is 127. The van der Waals surface area contributed by atoms with Crippen LogP contribution >= 0.6 is 23.0 Å². The van der Waals surface area contributed by atoms with Gasteiger partial charge in [0.2, 0.25) is 47.3 Å². The van der Waals surface area contributed by atoms with E-state index in [0.29, 0.717) is 32.4 Å². The summed E-state index contributed by atoms with van der Waals surface area (Å²) in [6.45, 7) is 31.7. The van der Waals surface area contributed by atoms with Crippen molar-refractivity contribution < 1.29 is 130 Å². The predicted octanol–water partition coefficient (Wildman–Crippen LogP) is 0.324. The summed E-state index contributed by atoms with van der Waals surface area (Å²) in [6, 6.07) is -3.40. The first kappa shape index (κ1) is 103. The Hall–Kier alpha value is -4.27. The van der Waals surface area contributed by atoms with Gasteiger partial charge in [-0.1, -0.05) is 104 Å². The fourth-order valence-corrected chi connectivity index (χ4v) is 15.8. The van der Waals surface area contributed by atoms with Crippen LogP contribution in [0.1, 0.15) is 189 Å². The molecule has 3 aliphatic rings. The highest BCUT2D eigenvalue weighted by Gasteiger charge is 2.50. The predicted molar refractivity (Wildman–Crippen MR) is 421 cm³/mol. The molecule has 36 heteroatoms. The number of aliphatic hydroxyl groups excluding tert-OH is 9. The molecule has 16 unspecified atom stereocenters. The minimum Gasteiger partial charge on any atom is -0.394 e. The average molecular weight is 1740 g/mol. The van der Waals surface area contributed by atoms with E-state index in [0.717, 1.165) is 6.42 Å². The Morgan fingerprint density at radius 1 is 0.389 bits per heavy atom. The molecule has 0 bridgehead atoms. The SMILES string of the molecule is CC(=O)NC1C(OCC(C)(C)CC(C)(C)CNC(=O)CCOCC(COCCC(=O)NCC(C)(C)CC(C)(C)COC2OC(CO)C(O)C(O)C2NC(C)=O)(COCCC(=O)NCC(C)(C)CC(C)(C)COC2OC(CO)C(O)C(O)C2NC(C)=O)NC(=O)CCCC(=O)NCC(C)(C)CC(C)COI)OC(CO)C(O)C1O. The Balaban J connectivity index is 1.84. The van der Waals surface area contributed by atoms with E-state index in [2.05, 4.69) is 49.5 Å². The normalized spacial score (nSPS) is 25.6. The number of hydrogen-bond acceptors (Lipinski definition) is 27. The van der Waals surface area contributed by atoms with Crippen LogP contribution in [0.3, 0.4) is 0 Å². The van der Waals surface area contributed by atoms with E-state index in [-0.39, 0.29) is 153 Å². The lowest BCUT2D eigenvalue weighted by atomic mass is 9.75. The largest absolute Gasteiger partial charge is 0.394 e. The van der Waals surface area contributed by atoms with Crippen molar-refractivity contribution in [1.29, 1.82) is 0 Å². The molecule has 8 amide bonds. The minimum atomic E-state index is -1.53. The number of halogens is 1. The molecule has 3 rings (SSSR count). The smallest absolute Gasteiger partial charge is 0.222 e. The van der Waals surface area contributed by atoms with Gasteiger partial charge in [-0.15, -0.1) is 0 Å². The van der Waals surface area contributed by atoms with Gasteiger partial charge in [-0.3, -0.25) is 38.4 Å². The molecular formula is C77H141IN8O27. The first-order chi connectivity index (χ1) is 52.3. The molecule has 0 radical (unpaired) electrons. The molecule has 0 saturated carbocycles. The van der Waals surface area contributed by atoms with Crippen molar-refractivity contribution in [3.8, 4) is 0 Å². The summed E-state index contributed by atoms with van der Waals surface area (Å²) in [5.41, 5.74) is -5.16. The fraction of sp³-hybridized carbons (Fsp3) is 0.896. The summed E-state index contributed by atoms with van der Waals surface area (Å²) in [7, 11) is 0. The van der Waals surface area contributed by atoms with Crippen molar-refractivity contribution in [1.82, 2.24) is 42.5 Å². The monoisotopic (exact) mass is 1740 g/mol. The lowest BCUT2D eigenvalue weighted by molar-refractivity contribution is -0.276. The summed E-state index contributed by atoms with van der Waals surface area (Å²) < 4.78 is 59.7. The van der Waals surface area contributed by atoms with Gasteiger partial charge in [-0.05, 0) is 75.9 Å². The highest BCUT2D eigenvalue weighted by Crippen LogP contribution is 2.39. The fourth-order valence-electron chi connectivity index (χ4n) is 15.2. The first-order valence-corrected chi connectivity index (χ1v) is 40.1. The lowest BCUT2D eigenvalue weighted by Crippen LogP contribution is -2.64. The van der Waals surface area contributed by atoms with Crippen LogP contribution in [0.4, 0.5) is 0 Å². The van der Waals surface area contributed by atoms with E-state index in [9.17, 15) is 84.3 Å². The van der Waals surface area contributed by atoms with E-state index in [1.54, 1.807) is 0 Å². The van der Waals surface area contributed by atoms with E-state index in [1.807, 2.05) is 120 Å². The summed E-state index contributed by atoms with van der Waals surface area (Å²) >= 11 is 1.86. The van der Waals surface area contributed by atoms with Crippen molar-refractivity contribution in [2.24, 2.45) is 43.8 Å². The van der Waals surface area contributed by atoms with Gasteiger partial charge in [-0.2, -0.15) is 0 Å². The second kappa shape index (κ2) is 47.5. The molecule has 16 atom stereocenters. The number of hydrogen-bond donors (Lipinski definition) is 17. The Bertz CT molecular complexity index is 2680. The second-order valence-corrected chi connectivity index (χ2v) is 37.3. The standard InChI is InChI=1S/C77H141IN8O27/c1-46(32-110-78)28-70(5,6)36-79-53(93)20-19-21-57(97)86-77(43-104-25-22-54(94)80-37-71(7,8)33-74(13,14)40-107-67-58(83-47(2)90)64(101)61(98)50(29-87)111-67,44-105-26-23-55(95)81-38-72(9,10)34-75(15,16)41-108-68-59(84-48(3)91)65(102)62(99)51(30-88)112-68)45-106-27-24-56(96)82-39-73(11,12)35-76(17,18)42-109-69-60(85-49(4)92)66(103)63(100)52(31-89)113-69/h46,50-52,58-69,87-89,98-103H,19-45H2,1-18H3,(H,79,93)(H,80,94)(H,81,95)(H,82,96)(H,83,90)(H,84,91)(H,85,92)(H,86,97). The Kier molecular flexibility index (Phi) is 43.3. The number of carbonyl (C=O) groups excluding carboxylic acids is 8. The number of aliphatic hydroxyl groups is 9. The third-order valence-electron chi connectivity index (χ3n) is 19.6. The molecule has 0 aromatic rings. The van der Waals surface area contributed by atoms with Crippen LogP contribution in [0.2, 0.25) is 0 Å². The van der Waals surface area contributed by atoms with Crippen LogP contribution in [-0.2, 0) is 84.1 Å². The van der Waals surface area contributed by atoms with Crippen LogP contribution in [0.25, 0.3) is 0 Å². The van der Waals surface area contributed by atoms with Crippen molar-refractivity contribution in [2.45, 2.75) is 286 Å². The summed E-state index contributed by atoms with van der Waals surface area (Å²) in [4.78, 5) is 105. The molecule has 0 aromatic heterocycles. The zero-order chi connectivity index (χ0) is 85.7. The zero-order valence-electron chi connectivity index (χ0n) is 70.1. The molecule has 3 aliphatic heterocycles. The summed E-state index contributed by atoms with van der Waals surface area (Å²) in [5, 5.41) is 116. The molecular weight excluding hydrogens is 1600 g/mol. The Morgan fingerprint density at radius 2 is 0.664 bits per heavy atom. The van der Waals surface area contributed by atoms with E-state index < -0.39 is 173 Å². The molecule has 0 aliphatic carbocycles. The maximum absolute atomic E-state index is 14.3. The van der Waals surface area contributed by atoms with E-state index in [1.165, 1.54) is 20.8 Å². The summed E-state index contributed by atoms with van der Waals surface area (Å²) in [5.74, 6) is -3.11. The van der Waals surface area contributed by atoms with E-state index in [4.69, 9.17) is 45.7 Å². The number of carbonyl (C=O) groups is 8. The number of amides is 8. The van der Waals surface area contributed by atoms with Gasteiger partial charge in [0.25, 0.3) is 0 Å². The zero-order valence-corrected chi connectivity index (χ0v) is 72.2. The van der Waals surface area contributed by atoms with Gasteiger partial charge >= 0.3 is 0 Å². The van der Waals surface area contributed by atoms with Gasteiger partial charge in [0.05, 0.1) is 85.9 Å². The highest BCUT2D eigenvalue weighted by molar-refractivity contribution is 14.1. The Morgan fingerprint density at radius 3 is 0.938 bits per heavy atom. The van der Waals surface area contributed by atoms with Crippen molar-refractivity contribution in [3.63, 3.8) is 0 Å². The number of nitrogens with one attached hydrogen (secondary N) is 8. The van der Waals surface area contributed by atoms with Crippen molar-refractivity contribution in [2.75, 3.05) is 112 Å². The van der Waals surface area contributed by atoms with Crippen LogP contribution in [-0.4, -0.2) is 303 Å². The second-order valence-electron chi connectivity index (χ2n) is 36.7. The molecule has 3 saturated heterocycles. The third kappa shape index (κ3) is 38.6. The van der Waals surface area contributed by atoms with Gasteiger partial charge in [0, 0.05) is 79.1 Å². The number of rotatable bonds is 53. The molecule has 0 spiro atoms. The molecule has 0 aromatic carbocycles. The van der Waals surface area contributed by atoms with Crippen molar-refractivity contribution >= 4 is 70.3 Å². The molecule has 658 valence electrons. The van der Waals surface area contributed by atoms with Gasteiger partial charge in [-0.25, -0.2) is 0 Å². The maximum Gasteiger partial charge on any atom is 0.222 e. The number of ether oxygens (including phenoxy) is 9. The lowest BCUT2D eigenvalue weighted by Gasteiger charge is -2.43. The van der Waals surface area contributed by atoms with Crippen molar-refractivity contribution in [3.05, 3.63) is 0 Å². The van der Waals surface area contributed by atoms with E-state index >= 15 is 0 Å². The minimum absolute atomic E-state index is 0.0209. The van der Waals surface area contributed by atoms with Crippen LogP contribution in [0, 0.1) is 43.8 Å². The first-order valence-electron chi connectivity index (χ1n) is 39.2. The molecule has 35 nitrogen and oxygen atoms in total. The van der Waals surface area contributed by atoms with Crippen LogP contribution in [0.15, 0.2) is 0 Å². The topological polar surface area (TPSA) is 507 Å². The molecule has 17 N–H and O–H groups in total. The molecule has 3 fully saturated rings. The van der Waals surface area contributed by atoms with Crippen LogP contribution < -0.4 is 42.5 Å². The van der Waals surface area contributed by atoms with Gasteiger partial charge in [0.15, 0.2) is 18.9 Å². The summed E-state index contributed by atoms with van der Waals surface area (Å²) in [6.07, 6.45) is -14.2. The average Bonchev–Trinajstić information content (AvgIpc) is 0.809. The van der Waals surface area contributed by atoms with Gasteiger partial charge in [0.1, 0.15) is 102 Å². The maximum atomic E-state index is 14.3. The Labute approximate surface area is 681 Å². The third-order valence-corrected chi connectivity index (χ3v) is 20.0. The van der Waals surface area contributed by atoms with Crippen LogP contribution in [0.5, 0.6) is 0 Å². The molecule has 113 heavy (non-hydrogen) atoms. The van der Waals surface area contributed by atoms with Gasteiger partial charge < -0.3 is 134 Å². The quantitative estimate of drug-likeness (QED) is 0.0288. The molecule has 3 heterocycles.